The van der Waals surface area contributed by atoms with E-state index >= 15 is 0 Å². The van der Waals surface area contributed by atoms with Gasteiger partial charge in [-0.05, 0) is 18.2 Å². The number of fused-ring (bicyclic) bond motifs is 3. The van der Waals surface area contributed by atoms with Crippen LogP contribution in [0.15, 0.2) is 91.0 Å². The molecular weight excluding hydrogens is 438 g/mol. The molecule has 32 heavy (non-hydrogen) atoms. The lowest BCUT2D eigenvalue weighted by molar-refractivity contribution is -0.380. The van der Waals surface area contributed by atoms with Crippen molar-refractivity contribution in [3.8, 4) is 26.1 Å². The Bertz CT molecular complexity index is 1560. The van der Waals surface area contributed by atoms with Gasteiger partial charge in [0, 0.05) is 22.4 Å². The van der Waals surface area contributed by atoms with Crippen LogP contribution in [0.2, 0.25) is 0 Å². The Morgan fingerprint density at radius 2 is 1.38 bits per heavy atom. The zero-order valence-corrected chi connectivity index (χ0v) is 18.3. The second kappa shape index (κ2) is 7.40. The van der Waals surface area contributed by atoms with Crippen LogP contribution < -0.4 is 0 Å². The van der Waals surface area contributed by atoms with E-state index in [4.69, 9.17) is 4.98 Å². The number of para-hydroxylation sites is 2. The molecule has 154 valence electrons. The summed E-state index contributed by atoms with van der Waals surface area (Å²) in [6.07, 6.45) is 0. The number of nitro groups is 1. The molecule has 0 unspecified atom stereocenters. The molecule has 0 saturated carbocycles. The van der Waals surface area contributed by atoms with E-state index in [2.05, 4.69) is 28.8 Å². The average molecular weight is 454 g/mol. The second-order valence-corrected chi connectivity index (χ2v) is 9.34. The van der Waals surface area contributed by atoms with Gasteiger partial charge in [0.05, 0.1) is 31.4 Å². The molecule has 0 radical (unpaired) electrons. The Morgan fingerprint density at radius 3 is 2.00 bits per heavy atom. The normalized spacial score (nSPS) is 11.4. The molecule has 0 aliphatic carbocycles. The topological polar surface area (TPSA) is 61.0 Å². The van der Waals surface area contributed by atoms with Crippen LogP contribution in [-0.2, 0) is 0 Å². The summed E-state index contributed by atoms with van der Waals surface area (Å²) >= 11 is 2.74. The van der Waals surface area contributed by atoms with Gasteiger partial charge >= 0.3 is 5.00 Å². The maximum absolute atomic E-state index is 11.3. The molecule has 3 heterocycles. The van der Waals surface area contributed by atoms with Gasteiger partial charge < -0.3 is 0 Å². The maximum Gasteiger partial charge on any atom is 0.324 e. The lowest BCUT2D eigenvalue weighted by Gasteiger charge is -2.02. The van der Waals surface area contributed by atoms with Crippen LogP contribution in [0.5, 0.6) is 0 Å². The number of thiophene rings is 1. The van der Waals surface area contributed by atoms with Gasteiger partial charge in [0.2, 0.25) is 0 Å². The lowest BCUT2D eigenvalue weighted by atomic mass is 10.1. The minimum atomic E-state index is -0.342. The summed E-state index contributed by atoms with van der Waals surface area (Å²) in [5.41, 5.74) is 4.00. The van der Waals surface area contributed by atoms with E-state index in [0.29, 0.717) is 0 Å². The Balaban J connectivity index is 1.65. The van der Waals surface area contributed by atoms with E-state index < -0.39 is 0 Å². The molecule has 0 fully saturated rings. The van der Waals surface area contributed by atoms with Crippen LogP contribution in [0.4, 0.5) is 5.00 Å². The third kappa shape index (κ3) is 2.94. The molecule has 0 saturated heterocycles. The number of thiazole rings is 1. The molecule has 0 bridgehead atoms. The Labute approximate surface area is 191 Å². The Morgan fingerprint density at radius 1 is 0.750 bits per heavy atom. The van der Waals surface area contributed by atoms with Crippen LogP contribution in [0.25, 0.3) is 47.9 Å². The van der Waals surface area contributed by atoms with Crippen LogP contribution in [0.1, 0.15) is 0 Å². The van der Waals surface area contributed by atoms with Gasteiger partial charge in [-0.15, -0.1) is 0 Å². The maximum atomic E-state index is 11.3. The highest BCUT2D eigenvalue weighted by Crippen LogP contribution is 2.44. The summed E-state index contributed by atoms with van der Waals surface area (Å²) in [6.45, 7) is 0. The first-order chi connectivity index (χ1) is 15.7. The second-order valence-electron chi connectivity index (χ2n) is 7.30. The molecule has 0 aliphatic heterocycles. The first kappa shape index (κ1) is 18.9. The quantitative estimate of drug-likeness (QED) is 0.205. The fourth-order valence-electron chi connectivity index (χ4n) is 4.04. The fraction of sp³-hybridized carbons (Fsp3) is 0. The van der Waals surface area contributed by atoms with Crippen LogP contribution in [0, 0.1) is 10.1 Å². The first-order valence-electron chi connectivity index (χ1n) is 10.00. The van der Waals surface area contributed by atoms with Gasteiger partial charge in [-0.2, -0.15) is 0 Å². The summed E-state index contributed by atoms with van der Waals surface area (Å²) in [5.74, 6) is 0. The highest BCUT2D eigenvalue weighted by molar-refractivity contribution is 7.25. The van der Waals surface area contributed by atoms with E-state index in [-0.39, 0.29) is 9.92 Å². The van der Waals surface area contributed by atoms with E-state index in [9.17, 15) is 10.1 Å². The number of nitrogens with zero attached hydrogens (tertiary/aromatic N) is 3. The SMILES string of the molecule is O=[N+]([O-])c1ccc(-c2sc(-n3c4ccccc4c4ccccc43)nc2-c2ccccc2)s1. The van der Waals surface area contributed by atoms with E-state index in [1.54, 1.807) is 17.4 Å². The third-order valence-corrected chi connectivity index (χ3v) is 7.69. The van der Waals surface area contributed by atoms with Gasteiger partial charge in [0.15, 0.2) is 5.13 Å². The summed E-state index contributed by atoms with van der Waals surface area (Å²) in [5, 5.41) is 14.6. The van der Waals surface area contributed by atoms with E-state index in [1.807, 2.05) is 60.7 Å². The van der Waals surface area contributed by atoms with Gasteiger partial charge in [0.25, 0.3) is 0 Å². The van der Waals surface area contributed by atoms with Gasteiger partial charge in [-0.3, -0.25) is 14.7 Å². The highest BCUT2D eigenvalue weighted by Gasteiger charge is 2.22. The highest BCUT2D eigenvalue weighted by atomic mass is 32.1. The molecule has 0 spiro atoms. The molecule has 0 atom stereocenters. The minimum absolute atomic E-state index is 0.130. The largest absolute Gasteiger partial charge is 0.324 e. The zero-order valence-electron chi connectivity index (χ0n) is 16.6. The molecule has 0 aliphatic rings. The number of aromatic nitrogens is 2. The van der Waals surface area contributed by atoms with Crippen molar-refractivity contribution in [3.63, 3.8) is 0 Å². The van der Waals surface area contributed by atoms with Crippen molar-refractivity contribution in [1.29, 1.82) is 0 Å². The predicted octanol–water partition coefficient (Wildman–Crippen LogP) is 7.54. The molecule has 0 N–H and O–H groups in total. The third-order valence-electron chi connectivity index (χ3n) is 5.43. The number of rotatable bonds is 4. The van der Waals surface area contributed by atoms with Gasteiger partial charge in [0.1, 0.15) is 0 Å². The Kier molecular flexibility index (Phi) is 4.38. The smallest absolute Gasteiger partial charge is 0.285 e. The molecule has 6 rings (SSSR count). The van der Waals surface area contributed by atoms with Crippen molar-refractivity contribution in [2.24, 2.45) is 0 Å². The van der Waals surface area contributed by atoms with Crippen LogP contribution >= 0.6 is 22.7 Å². The zero-order chi connectivity index (χ0) is 21.7. The van der Waals surface area contributed by atoms with Crippen molar-refractivity contribution >= 4 is 49.5 Å². The standard InChI is InChI=1S/C25H15N3O2S2/c29-28(30)22-15-14-21(31-22)24-23(16-8-2-1-3-9-16)26-25(32-24)27-19-12-6-4-10-17(19)18-11-5-7-13-20(18)27/h1-15H. The van der Waals surface area contributed by atoms with Crippen LogP contribution in [0.3, 0.4) is 0 Å². The molecule has 7 heteroatoms. The van der Waals surface area contributed by atoms with Gasteiger partial charge in [-0.1, -0.05) is 89.4 Å². The summed E-state index contributed by atoms with van der Waals surface area (Å²) in [6, 6.07) is 30.0. The van der Waals surface area contributed by atoms with Gasteiger partial charge in [-0.25, -0.2) is 4.98 Å². The number of benzene rings is 3. The number of hydrogen-bond acceptors (Lipinski definition) is 5. The molecule has 5 nitrogen and oxygen atoms in total. The van der Waals surface area contributed by atoms with Crippen molar-refractivity contribution in [1.82, 2.24) is 9.55 Å². The summed E-state index contributed by atoms with van der Waals surface area (Å²) in [7, 11) is 0. The summed E-state index contributed by atoms with van der Waals surface area (Å²) < 4.78 is 2.19. The molecule has 0 amide bonds. The van der Waals surface area contributed by atoms with Crippen molar-refractivity contribution in [3.05, 3.63) is 101 Å². The minimum Gasteiger partial charge on any atom is -0.285 e. The molecule has 3 aromatic heterocycles. The Hall–Kier alpha value is -3.81. The molecular formula is C25H15N3O2S2. The monoisotopic (exact) mass is 453 g/mol. The first-order valence-corrected chi connectivity index (χ1v) is 11.6. The molecule has 6 aromatic rings. The summed E-state index contributed by atoms with van der Waals surface area (Å²) in [4.78, 5) is 17.8. The average Bonchev–Trinajstić information content (AvgIpc) is 3.55. The van der Waals surface area contributed by atoms with E-state index in [0.717, 1.165) is 37.2 Å². The predicted molar refractivity (Wildman–Crippen MR) is 132 cm³/mol. The van der Waals surface area contributed by atoms with Crippen LogP contribution in [-0.4, -0.2) is 14.5 Å². The molecule has 3 aromatic carbocycles. The van der Waals surface area contributed by atoms with Crippen molar-refractivity contribution < 1.29 is 4.92 Å². The number of hydrogen-bond donors (Lipinski definition) is 0. The lowest BCUT2D eigenvalue weighted by Crippen LogP contribution is -1.92. The van der Waals surface area contributed by atoms with Crippen molar-refractivity contribution in [2.75, 3.05) is 0 Å². The fourth-order valence-corrected chi connectivity index (χ4v) is 6.09. The van der Waals surface area contributed by atoms with Crippen molar-refractivity contribution in [2.45, 2.75) is 0 Å². The van der Waals surface area contributed by atoms with E-state index in [1.165, 1.54) is 22.1 Å².